The first-order valence-electron chi connectivity index (χ1n) is 30.1. The molecular formula is C79H49F6N3O2. The van der Waals surface area contributed by atoms with Gasteiger partial charge in [0, 0.05) is 48.8 Å². The van der Waals surface area contributed by atoms with Crippen LogP contribution in [0.15, 0.2) is 257 Å². The lowest BCUT2D eigenvalue weighted by atomic mass is 9.65. The predicted molar refractivity (Wildman–Crippen MR) is 351 cm³/mol. The molecule has 0 N–H and O–H groups in total. The van der Waals surface area contributed by atoms with Crippen molar-refractivity contribution in [3.63, 3.8) is 0 Å². The molecule has 15 aromatic rings. The van der Waals surface area contributed by atoms with E-state index in [1.165, 1.54) is 12.2 Å². The first-order valence-corrected chi connectivity index (χ1v) is 30.1. The molecule has 0 amide bonds. The molecule has 0 fully saturated rings. The van der Waals surface area contributed by atoms with E-state index in [0.717, 1.165) is 138 Å². The van der Waals surface area contributed by atoms with Gasteiger partial charge in [0.15, 0.2) is 11.2 Å². The molecule has 434 valence electrons. The predicted octanol–water partition coefficient (Wildman–Crippen LogP) is 22.6. The van der Waals surface area contributed by atoms with Gasteiger partial charge < -0.3 is 23.2 Å². The highest BCUT2D eigenvalue weighted by atomic mass is 19.4. The largest absolute Gasteiger partial charge is 0.454 e. The van der Waals surface area contributed by atoms with Crippen LogP contribution in [0.1, 0.15) is 45.4 Å². The maximum absolute atomic E-state index is 14.7. The SMILES string of the molecule is Cc1cccc2c1oc1c(N(c3ccc(C(F)(F)F)cc3)c3cc4c(c5ccccc35)-c3c(cc(N(c5cccc6c5oc5c(C)cccc56)C5C=CC(C(F)(F)F)=CC5)c5ccccc35)C43c4ccccc4-n4c5ccccc5c5cccc3c54)cccc12. The number of hydrogen-bond donors (Lipinski definition) is 0. The second-order valence-electron chi connectivity index (χ2n) is 24.0. The van der Waals surface area contributed by atoms with E-state index in [4.69, 9.17) is 8.83 Å². The number of aryl methyl sites for hydroxylation is 2. The topological polar surface area (TPSA) is 37.7 Å². The van der Waals surface area contributed by atoms with Gasteiger partial charge in [0.05, 0.1) is 62.1 Å². The number of furan rings is 2. The molecular weight excluding hydrogens is 1140 g/mol. The van der Waals surface area contributed by atoms with E-state index < -0.39 is 34.9 Å². The highest BCUT2D eigenvalue weighted by Gasteiger charge is 2.53. The van der Waals surface area contributed by atoms with Crippen molar-refractivity contribution < 1.29 is 35.2 Å². The van der Waals surface area contributed by atoms with Gasteiger partial charge in [-0.25, -0.2) is 0 Å². The third-order valence-corrected chi connectivity index (χ3v) is 19.3. The molecule has 1 aliphatic heterocycles. The monoisotopic (exact) mass is 1190 g/mol. The smallest absolute Gasteiger partial charge is 0.416 e. The maximum Gasteiger partial charge on any atom is 0.416 e. The van der Waals surface area contributed by atoms with E-state index in [0.29, 0.717) is 39.5 Å². The van der Waals surface area contributed by atoms with E-state index in [2.05, 4.69) is 124 Å². The molecule has 2 aliphatic carbocycles. The van der Waals surface area contributed by atoms with Crippen molar-refractivity contribution in [2.24, 2.45) is 0 Å². The first kappa shape index (κ1) is 52.4. The van der Waals surface area contributed by atoms with Crippen molar-refractivity contribution in [3.05, 3.63) is 287 Å². The molecule has 3 aromatic heterocycles. The summed E-state index contributed by atoms with van der Waals surface area (Å²) in [5, 5.41) is 9.24. The van der Waals surface area contributed by atoms with E-state index in [1.807, 2.05) is 105 Å². The van der Waals surface area contributed by atoms with Gasteiger partial charge in [-0.2, -0.15) is 26.3 Å². The minimum atomic E-state index is -4.60. The molecule has 2 unspecified atom stereocenters. The molecule has 0 saturated carbocycles. The zero-order chi connectivity index (χ0) is 60.7. The maximum atomic E-state index is 14.7. The Balaban J connectivity index is 1.01. The van der Waals surface area contributed by atoms with Crippen LogP contribution in [0.4, 0.5) is 54.8 Å². The van der Waals surface area contributed by atoms with E-state index in [-0.39, 0.29) is 6.42 Å². The van der Waals surface area contributed by atoms with Gasteiger partial charge in [-0.1, -0.05) is 182 Å². The standard InChI is InChI=1S/C79H49F6N3O2/c1-44-16-11-24-56-58-26-14-32-66(75(58)89-73(44)56)86(48-38-34-46(35-39-48)78(80,81)82)68-42-62-70(53-21-5-3-18-50(53)68)71-54-22-6-4-19-51(54)69(43-63(71)77(62)60-28-8-10-31-65(60)88-64-30-9-7-20-52(64)55-23-13-29-61(77)72(55)88)87(49-40-36-47(37-41-49)79(83,84)85)67-33-15-27-59-57-25-12-17-45(2)74(57)90-76(59)67/h3-40,42-43,49H,41H2,1-2H3. The summed E-state index contributed by atoms with van der Waals surface area (Å²) in [5.41, 5.74) is 14.0. The molecule has 5 nitrogen and oxygen atoms in total. The fourth-order valence-electron chi connectivity index (χ4n) is 15.6. The van der Waals surface area contributed by atoms with Crippen molar-refractivity contribution in [2.45, 2.75) is 44.1 Å². The lowest BCUT2D eigenvalue weighted by molar-refractivity contribution is -0.137. The summed E-state index contributed by atoms with van der Waals surface area (Å²) in [6, 6.07) is 73.7. The number of para-hydroxylation sites is 7. The fourth-order valence-corrected chi connectivity index (χ4v) is 15.6. The number of aromatic nitrogens is 1. The summed E-state index contributed by atoms with van der Waals surface area (Å²) in [7, 11) is 0. The molecule has 0 radical (unpaired) electrons. The van der Waals surface area contributed by atoms with Crippen LogP contribution in [0.3, 0.4) is 0 Å². The van der Waals surface area contributed by atoms with Gasteiger partial charge in [-0.05, 0) is 136 Å². The number of alkyl halides is 6. The van der Waals surface area contributed by atoms with Crippen LogP contribution in [0.2, 0.25) is 0 Å². The number of anilines is 5. The highest BCUT2D eigenvalue weighted by molar-refractivity contribution is 6.22. The van der Waals surface area contributed by atoms with Gasteiger partial charge in [0.2, 0.25) is 0 Å². The zero-order valence-corrected chi connectivity index (χ0v) is 48.3. The lowest BCUT2D eigenvalue weighted by Crippen LogP contribution is -2.35. The van der Waals surface area contributed by atoms with Crippen LogP contribution in [0.25, 0.3) is 104 Å². The Kier molecular flexibility index (Phi) is 10.8. The van der Waals surface area contributed by atoms with Crippen LogP contribution < -0.4 is 9.80 Å². The molecule has 4 heterocycles. The number of allylic oxidation sites excluding steroid dienone is 2. The van der Waals surface area contributed by atoms with Crippen LogP contribution in [-0.4, -0.2) is 16.8 Å². The van der Waals surface area contributed by atoms with Crippen LogP contribution in [-0.2, 0) is 11.6 Å². The van der Waals surface area contributed by atoms with Crippen molar-refractivity contribution in [2.75, 3.05) is 9.80 Å². The Hall–Kier alpha value is -10.8. The van der Waals surface area contributed by atoms with Gasteiger partial charge in [-0.15, -0.1) is 0 Å². The van der Waals surface area contributed by atoms with Gasteiger partial charge in [0.1, 0.15) is 11.2 Å². The Morgan fingerprint density at radius 2 is 0.933 bits per heavy atom. The van der Waals surface area contributed by atoms with Crippen molar-refractivity contribution in [1.82, 2.24) is 4.57 Å². The molecule has 90 heavy (non-hydrogen) atoms. The summed E-state index contributed by atoms with van der Waals surface area (Å²) in [6.45, 7) is 4.02. The van der Waals surface area contributed by atoms with Crippen LogP contribution in [0, 0.1) is 13.8 Å². The quantitative estimate of drug-likeness (QED) is 0.156. The number of rotatable bonds is 6. The average molecular weight is 1190 g/mol. The van der Waals surface area contributed by atoms with Crippen molar-refractivity contribution >= 4 is 116 Å². The molecule has 18 rings (SSSR count). The molecule has 1 spiro atoms. The number of nitrogens with zero attached hydrogens (tertiary/aromatic N) is 3. The fraction of sp³-hybridized carbons (Fsp3) is 0.0886. The molecule has 3 aliphatic rings. The van der Waals surface area contributed by atoms with E-state index >= 15 is 0 Å². The number of hydrogen-bond acceptors (Lipinski definition) is 4. The summed E-state index contributed by atoms with van der Waals surface area (Å²) in [6.07, 6.45) is -4.94. The van der Waals surface area contributed by atoms with Crippen LogP contribution >= 0.6 is 0 Å². The van der Waals surface area contributed by atoms with E-state index in [9.17, 15) is 26.3 Å². The van der Waals surface area contributed by atoms with Gasteiger partial charge in [-0.3, -0.25) is 0 Å². The molecule has 0 bridgehead atoms. The molecule has 0 saturated heterocycles. The number of halogens is 6. The van der Waals surface area contributed by atoms with E-state index in [1.54, 1.807) is 18.2 Å². The minimum Gasteiger partial charge on any atom is -0.454 e. The Labute approximate surface area is 510 Å². The Morgan fingerprint density at radius 3 is 1.56 bits per heavy atom. The van der Waals surface area contributed by atoms with Crippen molar-refractivity contribution in [3.8, 4) is 16.8 Å². The third-order valence-electron chi connectivity index (χ3n) is 19.3. The normalized spacial score (nSPS) is 16.1. The average Bonchev–Trinajstić information content (AvgIpc) is 1.46. The van der Waals surface area contributed by atoms with Gasteiger partial charge >= 0.3 is 12.4 Å². The Bertz CT molecular complexity index is 5680. The van der Waals surface area contributed by atoms with Crippen LogP contribution in [0.5, 0.6) is 0 Å². The molecule has 11 heteroatoms. The second kappa shape index (κ2) is 18.6. The summed E-state index contributed by atoms with van der Waals surface area (Å²) >= 11 is 0. The second-order valence-corrected chi connectivity index (χ2v) is 24.0. The summed E-state index contributed by atoms with van der Waals surface area (Å²) < 4.78 is 105. The lowest BCUT2D eigenvalue weighted by Gasteiger charge is -2.41. The highest BCUT2D eigenvalue weighted by Crippen LogP contribution is 2.66. The number of benzene rings is 12. The molecule has 12 aromatic carbocycles. The zero-order valence-electron chi connectivity index (χ0n) is 48.3. The third kappa shape index (κ3) is 7.11. The van der Waals surface area contributed by atoms with Crippen molar-refractivity contribution in [1.29, 1.82) is 0 Å². The number of fused-ring (bicyclic) bond motifs is 22. The Morgan fingerprint density at radius 1 is 0.433 bits per heavy atom. The first-order chi connectivity index (χ1) is 43.8. The van der Waals surface area contributed by atoms with Gasteiger partial charge in [0.25, 0.3) is 0 Å². The summed E-state index contributed by atoms with van der Waals surface area (Å²) in [4.78, 5) is 4.25. The molecule has 2 atom stereocenters. The minimum absolute atomic E-state index is 0.0331. The summed E-state index contributed by atoms with van der Waals surface area (Å²) in [5.74, 6) is 0.